The van der Waals surface area contributed by atoms with Gasteiger partial charge in [0, 0.05) is 33.3 Å². The third-order valence-electron chi connectivity index (χ3n) is 15.5. The van der Waals surface area contributed by atoms with E-state index in [0.29, 0.717) is 32.5 Å². The van der Waals surface area contributed by atoms with Crippen LogP contribution >= 0.6 is 31.2 Å². The number of aromatic nitrogens is 3. The summed E-state index contributed by atoms with van der Waals surface area (Å²) >= 11 is -0.717. The van der Waals surface area contributed by atoms with Gasteiger partial charge >= 0.3 is 358 Å². The number of hydrogen-bond donors (Lipinski definition) is 2. The van der Waals surface area contributed by atoms with Crippen LogP contribution in [-0.2, 0) is 41.6 Å². The molecule has 1 aromatic carbocycles. The number of alkyl halides is 3. The molecular formula is C51H69IN10O7S. The number of urea groups is 1. The summed E-state index contributed by atoms with van der Waals surface area (Å²) in [4.78, 5) is 77.2. The minimum absolute atomic E-state index is 0.0355. The number of piperazine rings is 1. The second kappa shape index (κ2) is 19.2. The molecule has 5 aliphatic heterocycles. The number of fused-ring (bicyclic) bond motifs is 8. The Morgan fingerprint density at radius 2 is 1.83 bits per heavy atom. The van der Waals surface area contributed by atoms with Crippen molar-refractivity contribution in [2.75, 3.05) is 94.5 Å². The average molecular weight is 1090 g/mol. The van der Waals surface area contributed by atoms with Gasteiger partial charge in [0.05, 0.1) is 11.9 Å². The molecule has 4 amide bonds. The Morgan fingerprint density at radius 1 is 1.07 bits per heavy atom. The number of cyclic esters (lactones) is 1. The summed E-state index contributed by atoms with van der Waals surface area (Å²) in [7, 11) is 7.21. The maximum absolute atomic E-state index is 15.5. The van der Waals surface area contributed by atoms with Gasteiger partial charge in [0.1, 0.15) is 0 Å². The average Bonchev–Trinajstić information content (AvgIpc) is 4.02. The fourth-order valence-corrected chi connectivity index (χ4v) is 18.6. The van der Waals surface area contributed by atoms with Crippen LogP contribution in [0.25, 0.3) is 33.4 Å². The number of carbonyl (C=O) groups is 4. The Labute approximate surface area is 422 Å². The molecule has 2 N–H and O–H groups in total. The Balaban J connectivity index is 1.09. The number of hydrazine groups is 1. The molecule has 0 radical (unpaired) electrons. The molecule has 6 bridgehead atoms. The summed E-state index contributed by atoms with van der Waals surface area (Å²) in [6.45, 7) is 16.2. The van der Waals surface area contributed by atoms with E-state index in [-0.39, 0.29) is 48.8 Å². The first-order valence-electron chi connectivity index (χ1n) is 24.9. The number of hydrogen-bond acceptors (Lipinski definition) is 13. The van der Waals surface area contributed by atoms with Crippen molar-refractivity contribution in [1.29, 1.82) is 0 Å². The van der Waals surface area contributed by atoms with Gasteiger partial charge in [-0.15, -0.1) is 0 Å². The Bertz CT molecular complexity index is 2670. The number of anilines is 1. The van der Waals surface area contributed by atoms with Crippen molar-refractivity contribution in [3.63, 3.8) is 0 Å². The number of thiazole rings is 1. The number of pyridine rings is 1. The molecule has 4 aromatic rings. The SMILES string of the molecule is CCn1c2c3c4cc(ccc41)-c1csc(n1)C[C@@](NC(=O)[C@H](C(C)C)N(C)C(=O)N1CC(OC)C1)(I1CC1)C(=O)N1CCC[C@H](N1)C(=O)OCC(C)(C)C3[C@H](OC)c1ncc(N3CCN(C)CC3)cc1-2. The summed E-state index contributed by atoms with van der Waals surface area (Å²) in [5.74, 6) is -1.58. The van der Waals surface area contributed by atoms with Crippen LogP contribution in [-0.4, -0.2) is 169 Å². The number of rotatable bonds is 9. The van der Waals surface area contributed by atoms with Gasteiger partial charge in [0.15, 0.2) is 0 Å². The first kappa shape index (κ1) is 49.2. The number of esters is 1. The van der Waals surface area contributed by atoms with Crippen molar-refractivity contribution in [1.82, 2.24) is 45.0 Å². The summed E-state index contributed by atoms with van der Waals surface area (Å²) in [5, 5.41) is 8.83. The monoisotopic (exact) mass is 1090 g/mol. The number of nitrogens with one attached hydrogen (secondary N) is 2. The number of nitrogens with zero attached hydrogens (tertiary/aromatic N) is 8. The Hall–Kier alpha value is -4.41. The maximum atomic E-state index is 15.5. The topological polar surface area (TPSA) is 167 Å². The van der Waals surface area contributed by atoms with Gasteiger partial charge < -0.3 is 9.80 Å². The van der Waals surface area contributed by atoms with E-state index in [1.807, 2.05) is 20.0 Å². The molecule has 4 fully saturated rings. The van der Waals surface area contributed by atoms with Crippen molar-refractivity contribution in [2.24, 2.45) is 11.3 Å². The van der Waals surface area contributed by atoms with Crippen LogP contribution in [0.4, 0.5) is 10.5 Å². The van der Waals surface area contributed by atoms with E-state index in [9.17, 15) is 14.4 Å². The van der Waals surface area contributed by atoms with E-state index >= 15 is 4.79 Å². The van der Waals surface area contributed by atoms with Crippen molar-refractivity contribution in [3.8, 4) is 22.5 Å². The van der Waals surface area contributed by atoms with Crippen LogP contribution < -0.4 is 15.6 Å². The molecule has 6 aliphatic rings. The van der Waals surface area contributed by atoms with Crippen molar-refractivity contribution in [2.45, 2.75) is 94.2 Å². The first-order chi connectivity index (χ1) is 33.6. The van der Waals surface area contributed by atoms with Crippen LogP contribution in [0.2, 0.25) is 0 Å². The van der Waals surface area contributed by atoms with Crippen molar-refractivity contribution >= 4 is 71.6 Å². The molecule has 3 aromatic heterocycles. The molecule has 378 valence electrons. The van der Waals surface area contributed by atoms with E-state index in [2.05, 4.69) is 82.6 Å². The predicted molar refractivity (Wildman–Crippen MR) is 279 cm³/mol. The van der Waals surface area contributed by atoms with Gasteiger partial charge in [0.25, 0.3) is 0 Å². The third kappa shape index (κ3) is 8.66. The van der Waals surface area contributed by atoms with E-state index < -0.39 is 52.9 Å². The fraction of sp³-hybridized carbons (Fsp3) is 0.608. The van der Waals surface area contributed by atoms with Gasteiger partial charge in [0.2, 0.25) is 0 Å². The van der Waals surface area contributed by atoms with Crippen LogP contribution in [0.15, 0.2) is 35.8 Å². The summed E-state index contributed by atoms with van der Waals surface area (Å²) in [6, 6.07) is 7.00. The second-order valence-electron chi connectivity index (χ2n) is 20.9. The number of aryl methyl sites for hydroxylation is 1. The summed E-state index contributed by atoms with van der Waals surface area (Å²) in [5.41, 5.74) is 10.7. The molecule has 70 heavy (non-hydrogen) atoms. The van der Waals surface area contributed by atoms with Gasteiger partial charge in [-0.2, -0.15) is 0 Å². The van der Waals surface area contributed by atoms with Crippen LogP contribution in [0.1, 0.15) is 75.7 Å². The van der Waals surface area contributed by atoms with E-state index in [1.165, 1.54) is 16.2 Å². The normalized spacial score (nSPS) is 25.8. The predicted octanol–water partition coefficient (Wildman–Crippen LogP) is 5.74. The molecule has 5 atom stereocenters. The number of carbonyl (C=O) groups excluding carboxylic acids is 4. The Morgan fingerprint density at radius 3 is 2.51 bits per heavy atom. The van der Waals surface area contributed by atoms with Crippen LogP contribution in [0.5, 0.6) is 0 Å². The number of ether oxygens (including phenoxy) is 3. The molecular weight excluding hydrogens is 1020 g/mol. The number of likely N-dealkylation sites (N-methyl/N-ethyl adjacent to an activating group) is 2. The zero-order valence-electron chi connectivity index (χ0n) is 42.0. The zero-order valence-corrected chi connectivity index (χ0v) is 45.0. The second-order valence-corrected chi connectivity index (χ2v) is 28.5. The number of methoxy groups -OCH3 is 2. The number of amides is 4. The molecule has 17 nitrogen and oxygen atoms in total. The van der Waals surface area contributed by atoms with Gasteiger partial charge in [-0.05, 0) is 7.05 Å². The van der Waals surface area contributed by atoms with Crippen molar-refractivity contribution < 1.29 is 33.4 Å². The molecule has 8 heterocycles. The molecule has 0 saturated carbocycles. The van der Waals surface area contributed by atoms with E-state index in [4.69, 9.17) is 24.2 Å². The standard InChI is InChI=1S/C51H69IN10O7S/c1-10-61-38-14-13-31-22-34(38)40-41(45(68-9)42-35(44(40)61)23-32(25-53-42)59-20-18-57(6)19-21-59)50(4,5)29-69-47(64)36-12-11-17-62(56-36)48(65)51(52-15-16-52,24-39-54-37(31)28-70-39)55-46(63)43(30(2)3)58(7)49(66)60-26-33(27-60)67-8/h13-14,22-23,25,28,30,33,36,41,43,45,56H,10-12,15-21,24,26-27,29H2,1-9H3,(H,55,63)/t36-,41?,43-,45-,51-/m0/s1. The molecule has 10 rings (SSSR count). The molecule has 19 heteroatoms. The van der Waals surface area contributed by atoms with E-state index in [0.717, 1.165) is 96.9 Å². The number of benzene rings is 1. The minimum atomic E-state index is -2.21. The van der Waals surface area contributed by atoms with Gasteiger partial charge in [-0.3, -0.25) is 4.98 Å². The quantitative estimate of drug-likeness (QED) is 0.0905. The van der Waals surface area contributed by atoms with Crippen molar-refractivity contribution in [3.05, 3.63) is 52.1 Å². The molecule has 4 saturated heterocycles. The molecule has 0 spiro atoms. The summed E-state index contributed by atoms with van der Waals surface area (Å²) < 4.78 is 21.3. The van der Waals surface area contributed by atoms with E-state index in [1.54, 1.807) is 31.2 Å². The molecule has 1 aliphatic carbocycles. The van der Waals surface area contributed by atoms with Gasteiger partial charge in [-0.1, -0.05) is 0 Å². The third-order valence-corrected chi connectivity index (χ3v) is 22.3. The van der Waals surface area contributed by atoms with Crippen LogP contribution in [0, 0.1) is 11.3 Å². The number of halogens is 1. The summed E-state index contributed by atoms with van der Waals surface area (Å²) in [6.07, 6.45) is 2.77. The fourth-order valence-electron chi connectivity index (χ4n) is 11.5. The number of likely N-dealkylation sites (tertiary alicyclic amines) is 1. The zero-order chi connectivity index (χ0) is 49.4. The first-order valence-corrected chi connectivity index (χ1v) is 29.9. The van der Waals surface area contributed by atoms with Gasteiger partial charge in [-0.25, -0.2) is 0 Å². The van der Waals surface area contributed by atoms with Crippen LogP contribution in [0.3, 0.4) is 0 Å². The molecule has 1 unspecified atom stereocenters. The Kier molecular flexibility index (Phi) is 13.5.